The molecule has 2 aliphatic rings. The molecule has 0 radical (unpaired) electrons. The standard InChI is InChI=1S/C21H25NO4/c1-21(2,3)12-6-7-15-14(11-12)19-13(5-4-10-25-19)18(22-15)16-8-9-17(26-16)20(23)24/h6-9,11,13,18-19,22H,4-5,10H2,1-3H3,(H,23,24). The van der Waals surface area contributed by atoms with Gasteiger partial charge in [-0.2, -0.15) is 0 Å². The first-order valence-electron chi connectivity index (χ1n) is 9.20. The fraction of sp³-hybridized carbons (Fsp3) is 0.476. The Bertz CT molecular complexity index is 833. The van der Waals surface area contributed by atoms with E-state index in [1.165, 1.54) is 17.2 Å². The van der Waals surface area contributed by atoms with Crippen molar-refractivity contribution in [3.05, 3.63) is 53.0 Å². The number of carboxylic acids is 1. The average Bonchev–Trinajstić information content (AvgIpc) is 3.10. The molecule has 3 unspecified atom stereocenters. The summed E-state index contributed by atoms with van der Waals surface area (Å²) in [5, 5.41) is 12.7. The van der Waals surface area contributed by atoms with Gasteiger partial charge < -0.3 is 19.6 Å². The molecule has 4 rings (SSSR count). The van der Waals surface area contributed by atoms with Crippen LogP contribution in [0.15, 0.2) is 34.7 Å². The molecule has 0 bridgehead atoms. The number of ether oxygens (including phenoxy) is 1. The van der Waals surface area contributed by atoms with Gasteiger partial charge in [0.25, 0.3) is 0 Å². The number of hydrogen-bond donors (Lipinski definition) is 2. The molecule has 5 heteroatoms. The lowest BCUT2D eigenvalue weighted by molar-refractivity contribution is -0.0402. The third-order valence-electron chi connectivity index (χ3n) is 5.48. The zero-order chi connectivity index (χ0) is 18.5. The van der Waals surface area contributed by atoms with E-state index >= 15 is 0 Å². The summed E-state index contributed by atoms with van der Waals surface area (Å²) >= 11 is 0. The normalized spacial score (nSPS) is 25.1. The van der Waals surface area contributed by atoms with Crippen LogP contribution in [0.3, 0.4) is 0 Å². The van der Waals surface area contributed by atoms with Gasteiger partial charge in [0.1, 0.15) is 5.76 Å². The zero-order valence-corrected chi connectivity index (χ0v) is 15.4. The molecule has 3 atom stereocenters. The molecule has 0 saturated carbocycles. The van der Waals surface area contributed by atoms with Crippen LogP contribution in [-0.4, -0.2) is 17.7 Å². The minimum Gasteiger partial charge on any atom is -0.475 e. The van der Waals surface area contributed by atoms with Gasteiger partial charge in [0.2, 0.25) is 5.76 Å². The van der Waals surface area contributed by atoms with E-state index in [1.807, 2.05) is 0 Å². The smallest absolute Gasteiger partial charge is 0.371 e. The number of carboxylic acid groups (broad SMARTS) is 1. The number of aromatic carboxylic acids is 1. The second kappa shape index (κ2) is 6.16. The van der Waals surface area contributed by atoms with Crippen LogP contribution in [0.4, 0.5) is 5.69 Å². The Balaban J connectivity index is 1.75. The third-order valence-corrected chi connectivity index (χ3v) is 5.48. The summed E-state index contributed by atoms with van der Waals surface area (Å²) in [7, 11) is 0. The van der Waals surface area contributed by atoms with Crippen molar-refractivity contribution in [3.63, 3.8) is 0 Å². The molecule has 0 spiro atoms. The van der Waals surface area contributed by atoms with Gasteiger partial charge in [0, 0.05) is 23.8 Å². The quantitative estimate of drug-likeness (QED) is 0.801. The Morgan fingerprint density at radius 3 is 2.73 bits per heavy atom. The van der Waals surface area contributed by atoms with Gasteiger partial charge >= 0.3 is 5.97 Å². The molecule has 1 fully saturated rings. The van der Waals surface area contributed by atoms with E-state index in [1.54, 1.807) is 6.07 Å². The van der Waals surface area contributed by atoms with Gasteiger partial charge in [-0.25, -0.2) is 4.79 Å². The summed E-state index contributed by atoms with van der Waals surface area (Å²) in [6, 6.07) is 9.72. The number of furan rings is 1. The minimum absolute atomic E-state index is 0.00526. The molecule has 138 valence electrons. The number of carbonyl (C=O) groups is 1. The summed E-state index contributed by atoms with van der Waals surface area (Å²) in [5.74, 6) is -0.185. The maximum Gasteiger partial charge on any atom is 0.371 e. The highest BCUT2D eigenvalue weighted by Gasteiger charge is 2.41. The van der Waals surface area contributed by atoms with E-state index < -0.39 is 5.97 Å². The van der Waals surface area contributed by atoms with Crippen molar-refractivity contribution >= 4 is 11.7 Å². The highest BCUT2D eigenvalue weighted by atomic mass is 16.5. The van der Waals surface area contributed by atoms with Crippen molar-refractivity contribution < 1.29 is 19.1 Å². The fourth-order valence-corrected chi connectivity index (χ4v) is 4.05. The fourth-order valence-electron chi connectivity index (χ4n) is 4.05. The van der Waals surface area contributed by atoms with Crippen molar-refractivity contribution in [1.29, 1.82) is 0 Å². The molecule has 1 aromatic carbocycles. The minimum atomic E-state index is -1.04. The first kappa shape index (κ1) is 17.2. The van der Waals surface area contributed by atoms with Crippen molar-refractivity contribution in [3.8, 4) is 0 Å². The van der Waals surface area contributed by atoms with E-state index in [0.717, 1.165) is 25.1 Å². The molecular weight excluding hydrogens is 330 g/mol. The molecule has 26 heavy (non-hydrogen) atoms. The number of rotatable bonds is 2. The monoisotopic (exact) mass is 355 g/mol. The van der Waals surface area contributed by atoms with Crippen molar-refractivity contribution in [2.45, 2.75) is 51.2 Å². The number of fused-ring (bicyclic) bond motifs is 3. The van der Waals surface area contributed by atoms with Gasteiger partial charge in [-0.3, -0.25) is 0 Å². The summed E-state index contributed by atoms with van der Waals surface area (Å²) in [6.07, 6.45) is 2.02. The second-order valence-corrected chi connectivity index (χ2v) is 8.28. The lowest BCUT2D eigenvalue weighted by Gasteiger charge is -2.42. The number of benzene rings is 1. The van der Waals surface area contributed by atoms with E-state index in [4.69, 9.17) is 14.3 Å². The van der Waals surface area contributed by atoms with Crippen LogP contribution in [0.5, 0.6) is 0 Å². The van der Waals surface area contributed by atoms with Crippen molar-refractivity contribution in [2.75, 3.05) is 11.9 Å². The summed E-state index contributed by atoms with van der Waals surface area (Å²) in [5.41, 5.74) is 3.60. The highest BCUT2D eigenvalue weighted by molar-refractivity contribution is 5.84. The largest absolute Gasteiger partial charge is 0.475 e. The molecule has 1 saturated heterocycles. The highest BCUT2D eigenvalue weighted by Crippen LogP contribution is 2.50. The third kappa shape index (κ3) is 2.90. The van der Waals surface area contributed by atoms with E-state index in [9.17, 15) is 4.79 Å². The molecule has 2 aliphatic heterocycles. The number of hydrogen-bond acceptors (Lipinski definition) is 4. The van der Waals surface area contributed by atoms with Gasteiger partial charge in [0.15, 0.2) is 0 Å². The summed E-state index contributed by atoms with van der Waals surface area (Å²) in [6.45, 7) is 7.39. The summed E-state index contributed by atoms with van der Waals surface area (Å²) in [4.78, 5) is 11.2. The van der Waals surface area contributed by atoms with Crippen molar-refractivity contribution in [2.24, 2.45) is 5.92 Å². The van der Waals surface area contributed by atoms with Crippen LogP contribution in [-0.2, 0) is 10.2 Å². The van der Waals surface area contributed by atoms with Crippen LogP contribution < -0.4 is 5.32 Å². The topological polar surface area (TPSA) is 71.7 Å². The predicted octanol–water partition coefficient (Wildman–Crippen LogP) is 4.91. The molecule has 0 aliphatic carbocycles. The van der Waals surface area contributed by atoms with Crippen molar-refractivity contribution in [1.82, 2.24) is 0 Å². The van der Waals surface area contributed by atoms with Crippen LogP contribution in [0, 0.1) is 5.92 Å². The molecule has 2 aromatic rings. The SMILES string of the molecule is CC(C)(C)c1ccc2c(c1)C1OCCCC1C(c1ccc(C(=O)O)o1)N2. The predicted molar refractivity (Wildman–Crippen MR) is 98.6 cm³/mol. The Morgan fingerprint density at radius 2 is 2.04 bits per heavy atom. The Morgan fingerprint density at radius 1 is 1.23 bits per heavy atom. The Labute approximate surface area is 153 Å². The van der Waals surface area contributed by atoms with Crippen LogP contribution in [0.1, 0.15) is 73.2 Å². The molecule has 0 amide bonds. The molecule has 5 nitrogen and oxygen atoms in total. The van der Waals surface area contributed by atoms with Gasteiger partial charge in [-0.1, -0.05) is 32.9 Å². The lowest BCUT2D eigenvalue weighted by Crippen LogP contribution is -2.36. The second-order valence-electron chi connectivity index (χ2n) is 8.28. The number of nitrogens with one attached hydrogen (secondary N) is 1. The van der Waals surface area contributed by atoms with E-state index in [-0.39, 0.29) is 29.2 Å². The van der Waals surface area contributed by atoms with E-state index in [0.29, 0.717) is 5.76 Å². The Hall–Kier alpha value is -2.27. The summed E-state index contributed by atoms with van der Waals surface area (Å²) < 4.78 is 11.8. The maximum absolute atomic E-state index is 11.2. The molecular formula is C21H25NO4. The van der Waals surface area contributed by atoms with Crippen LogP contribution in [0.25, 0.3) is 0 Å². The van der Waals surface area contributed by atoms with Crippen LogP contribution >= 0.6 is 0 Å². The van der Waals surface area contributed by atoms with Gasteiger partial charge in [-0.05, 0) is 42.0 Å². The van der Waals surface area contributed by atoms with E-state index in [2.05, 4.69) is 44.3 Å². The first-order valence-corrected chi connectivity index (χ1v) is 9.20. The van der Waals surface area contributed by atoms with Gasteiger partial charge in [-0.15, -0.1) is 0 Å². The molecule has 2 N–H and O–H groups in total. The lowest BCUT2D eigenvalue weighted by atomic mass is 9.77. The first-order chi connectivity index (χ1) is 12.3. The zero-order valence-electron chi connectivity index (χ0n) is 15.4. The maximum atomic E-state index is 11.2. The molecule has 1 aromatic heterocycles. The van der Waals surface area contributed by atoms with Gasteiger partial charge in [0.05, 0.1) is 12.1 Å². The van der Waals surface area contributed by atoms with Crippen LogP contribution in [0.2, 0.25) is 0 Å². The Kier molecular flexibility index (Phi) is 4.07. The number of anilines is 1. The average molecular weight is 355 g/mol. The molecule has 3 heterocycles.